The number of methoxy groups -OCH3 is 1. The molecule has 0 radical (unpaired) electrons. The van der Waals surface area contributed by atoms with Gasteiger partial charge in [-0.15, -0.1) is 0 Å². The van der Waals surface area contributed by atoms with Crippen LogP contribution in [0.25, 0.3) is 5.70 Å². The summed E-state index contributed by atoms with van der Waals surface area (Å²) in [5.41, 5.74) is 6.08. The molecule has 196 valence electrons. The fraction of sp³-hybridized carbons (Fsp3) is 0.548. The van der Waals surface area contributed by atoms with E-state index in [1.54, 1.807) is 20.1 Å². The molecule has 3 rings (SSSR count). The molecule has 1 aliphatic carbocycles. The molecule has 5 heteroatoms. The average Bonchev–Trinajstić information content (AvgIpc) is 3.68. The Bertz CT molecular complexity index is 1040. The molecule has 0 bridgehead atoms. The van der Waals surface area contributed by atoms with Crippen LogP contribution >= 0.6 is 0 Å². The van der Waals surface area contributed by atoms with E-state index in [4.69, 9.17) is 9.73 Å². The van der Waals surface area contributed by atoms with Gasteiger partial charge in [-0.2, -0.15) is 0 Å². The number of carbonyl (C=O) groups is 1. The van der Waals surface area contributed by atoms with Crippen molar-refractivity contribution >= 4 is 17.2 Å². The highest BCUT2D eigenvalue weighted by molar-refractivity contribution is 6.06. The summed E-state index contributed by atoms with van der Waals surface area (Å²) < 4.78 is 5.43. The summed E-state index contributed by atoms with van der Waals surface area (Å²) in [5, 5.41) is 3.79. The maximum atomic E-state index is 12.1. The Hall–Kier alpha value is -2.66. The third kappa shape index (κ3) is 7.67. The van der Waals surface area contributed by atoms with E-state index >= 15 is 0 Å². The van der Waals surface area contributed by atoms with E-state index in [9.17, 15) is 4.79 Å². The molecule has 1 aromatic carbocycles. The number of aliphatic imine (C=N–C) groups is 1. The Morgan fingerprint density at radius 1 is 1.17 bits per heavy atom. The molecule has 2 fully saturated rings. The van der Waals surface area contributed by atoms with Gasteiger partial charge in [0.25, 0.3) is 0 Å². The Morgan fingerprint density at radius 3 is 2.36 bits per heavy atom. The zero-order valence-corrected chi connectivity index (χ0v) is 23.4. The number of likely N-dealkylation sites (tertiary alicyclic amines) is 1. The number of carbonyl (C=O) groups excluding carboxylic acids is 1. The molecule has 1 aliphatic heterocycles. The minimum atomic E-state index is -0.0100. The second-order valence-corrected chi connectivity index (χ2v) is 10.4. The number of nitrogens with one attached hydrogen (secondary N) is 1. The maximum absolute atomic E-state index is 12.1. The van der Waals surface area contributed by atoms with Gasteiger partial charge in [0.2, 0.25) is 0 Å². The number of hydrogen-bond acceptors (Lipinski definition) is 5. The molecule has 1 unspecified atom stereocenters. The normalized spacial score (nSPS) is 19.5. The first-order valence-electron chi connectivity index (χ1n) is 13.6. The molecule has 1 heterocycles. The lowest BCUT2D eigenvalue weighted by Gasteiger charge is -2.35. The highest BCUT2D eigenvalue weighted by atomic mass is 16.5. The van der Waals surface area contributed by atoms with Crippen LogP contribution in [0.1, 0.15) is 77.8 Å². The largest absolute Gasteiger partial charge is 0.496 e. The number of piperidine rings is 1. The molecule has 36 heavy (non-hydrogen) atoms. The number of nitrogens with zero attached hydrogens (tertiary/aromatic N) is 2. The number of hydrogen-bond donors (Lipinski definition) is 1. The highest BCUT2D eigenvalue weighted by Crippen LogP contribution is 2.28. The van der Waals surface area contributed by atoms with E-state index in [0.29, 0.717) is 11.7 Å². The van der Waals surface area contributed by atoms with Crippen molar-refractivity contribution in [3.63, 3.8) is 0 Å². The number of benzene rings is 1. The zero-order valence-electron chi connectivity index (χ0n) is 23.4. The van der Waals surface area contributed by atoms with Crippen LogP contribution in [-0.4, -0.2) is 48.7 Å². The quantitative estimate of drug-likeness (QED) is 0.218. The van der Waals surface area contributed by atoms with E-state index in [-0.39, 0.29) is 11.7 Å². The Labute approximate surface area is 218 Å². The van der Waals surface area contributed by atoms with Gasteiger partial charge in [0, 0.05) is 48.2 Å². The van der Waals surface area contributed by atoms with Gasteiger partial charge in [-0.3, -0.25) is 9.79 Å². The maximum Gasteiger partial charge on any atom is 0.154 e. The first kappa shape index (κ1) is 27.9. The third-order valence-electron chi connectivity index (χ3n) is 7.32. The number of aryl methyl sites for hydroxylation is 1. The molecule has 0 spiro atoms. The Kier molecular flexibility index (Phi) is 10.1. The van der Waals surface area contributed by atoms with Crippen LogP contribution in [-0.2, 0) is 4.79 Å². The lowest BCUT2D eigenvalue weighted by molar-refractivity contribution is -0.112. The van der Waals surface area contributed by atoms with Gasteiger partial charge < -0.3 is 15.0 Å². The minimum absolute atomic E-state index is 0.0100. The monoisotopic (exact) mass is 491 g/mol. The summed E-state index contributed by atoms with van der Waals surface area (Å²) in [6.45, 7) is 14.4. The average molecular weight is 492 g/mol. The van der Waals surface area contributed by atoms with Crippen LogP contribution < -0.4 is 10.1 Å². The number of rotatable bonds is 11. The molecule has 1 saturated carbocycles. The molecule has 1 atom stereocenters. The van der Waals surface area contributed by atoms with Crippen LogP contribution in [0.15, 0.2) is 52.7 Å². The molecule has 0 amide bonds. The van der Waals surface area contributed by atoms with Crippen LogP contribution in [0.3, 0.4) is 0 Å². The lowest BCUT2D eigenvalue weighted by Crippen LogP contribution is -2.42. The second-order valence-electron chi connectivity index (χ2n) is 10.4. The van der Waals surface area contributed by atoms with E-state index in [1.807, 2.05) is 25.1 Å². The van der Waals surface area contributed by atoms with Crippen LogP contribution in [0.2, 0.25) is 0 Å². The molecule has 1 aromatic rings. The molecule has 0 aromatic heterocycles. The van der Waals surface area contributed by atoms with Gasteiger partial charge in [-0.05, 0) is 101 Å². The number of ketones is 1. The third-order valence-corrected chi connectivity index (χ3v) is 7.32. The topological polar surface area (TPSA) is 53.9 Å². The summed E-state index contributed by atoms with van der Waals surface area (Å²) in [6.07, 6.45) is 12.2. The van der Waals surface area contributed by atoms with E-state index in [2.05, 4.69) is 50.1 Å². The van der Waals surface area contributed by atoms with Gasteiger partial charge in [0.15, 0.2) is 5.78 Å². The van der Waals surface area contributed by atoms with Crippen LogP contribution in [0.5, 0.6) is 5.75 Å². The Balaban J connectivity index is 1.88. The van der Waals surface area contributed by atoms with Crippen molar-refractivity contribution in [3.05, 3.63) is 58.8 Å². The zero-order chi connectivity index (χ0) is 26.2. The van der Waals surface area contributed by atoms with Crippen molar-refractivity contribution in [1.29, 1.82) is 0 Å². The molecular weight excluding hydrogens is 446 g/mol. The van der Waals surface area contributed by atoms with Crippen molar-refractivity contribution in [2.45, 2.75) is 85.7 Å². The fourth-order valence-electron chi connectivity index (χ4n) is 4.86. The van der Waals surface area contributed by atoms with Crippen molar-refractivity contribution < 1.29 is 9.53 Å². The fourth-order valence-corrected chi connectivity index (χ4v) is 4.86. The predicted molar refractivity (Wildman–Crippen MR) is 152 cm³/mol. The first-order chi connectivity index (χ1) is 17.2. The van der Waals surface area contributed by atoms with Gasteiger partial charge in [-0.25, -0.2) is 0 Å². The summed E-state index contributed by atoms with van der Waals surface area (Å²) in [5.74, 6) is 1.09. The predicted octanol–water partition coefficient (Wildman–Crippen LogP) is 6.49. The molecule has 1 saturated heterocycles. The van der Waals surface area contributed by atoms with Gasteiger partial charge >= 0.3 is 0 Å². The van der Waals surface area contributed by atoms with Crippen LogP contribution in [0.4, 0.5) is 0 Å². The Morgan fingerprint density at radius 2 is 1.83 bits per heavy atom. The minimum Gasteiger partial charge on any atom is -0.496 e. The lowest BCUT2D eigenvalue weighted by atomic mass is 9.95. The number of ether oxygens (including phenoxy) is 1. The standard InChI is InChI=1S/C31H45N3O2/c1-8-21(3)31(33-29(20-24(6)35)25-10-13-30(36-7)22(4)18-25)23(5)19-28(9-2)34-16-14-27(15-17-34)32-26-11-12-26/h9-10,13,18-21,26-27,32H,8,11-12,14-17H2,1-7H3/b23-19-,28-9+,29-20-,33-31-. The molecular formula is C31H45N3O2. The van der Waals surface area contributed by atoms with E-state index in [0.717, 1.165) is 53.7 Å². The van der Waals surface area contributed by atoms with E-state index < -0.39 is 0 Å². The van der Waals surface area contributed by atoms with Crippen molar-refractivity contribution in [2.75, 3.05) is 20.2 Å². The first-order valence-corrected chi connectivity index (χ1v) is 13.6. The van der Waals surface area contributed by atoms with Crippen molar-refractivity contribution in [2.24, 2.45) is 10.9 Å². The molecule has 1 N–H and O–H groups in total. The number of allylic oxidation sites excluding steroid dienone is 4. The summed E-state index contributed by atoms with van der Waals surface area (Å²) in [6, 6.07) is 7.39. The summed E-state index contributed by atoms with van der Waals surface area (Å²) in [4.78, 5) is 19.8. The molecule has 5 nitrogen and oxygen atoms in total. The summed E-state index contributed by atoms with van der Waals surface area (Å²) in [7, 11) is 1.67. The van der Waals surface area contributed by atoms with Gasteiger partial charge in [0.05, 0.1) is 12.8 Å². The second kappa shape index (κ2) is 13.0. The highest BCUT2D eigenvalue weighted by Gasteiger charge is 2.27. The van der Waals surface area contributed by atoms with Crippen molar-refractivity contribution in [3.8, 4) is 5.75 Å². The van der Waals surface area contributed by atoms with Crippen LogP contribution in [0, 0.1) is 12.8 Å². The van der Waals surface area contributed by atoms with E-state index in [1.165, 1.54) is 31.4 Å². The van der Waals surface area contributed by atoms with Crippen molar-refractivity contribution in [1.82, 2.24) is 10.2 Å². The smallest absolute Gasteiger partial charge is 0.154 e. The molecule has 2 aliphatic rings. The van der Waals surface area contributed by atoms with Gasteiger partial charge in [0.1, 0.15) is 5.75 Å². The SMILES string of the molecule is C\C=C(/C=C(C)\C(=N/C(=C\C(C)=O)c1ccc(OC)c(C)c1)C(C)CC)N1CCC(NC2CC2)CC1. The van der Waals surface area contributed by atoms with Gasteiger partial charge in [-0.1, -0.05) is 19.9 Å². The summed E-state index contributed by atoms with van der Waals surface area (Å²) >= 11 is 0.